The molecule has 0 bridgehead atoms. The predicted octanol–water partition coefficient (Wildman–Crippen LogP) is 2.79. The highest BCUT2D eigenvalue weighted by Gasteiger charge is 2.39. The zero-order valence-corrected chi connectivity index (χ0v) is 10.7. The van der Waals surface area contributed by atoms with E-state index in [2.05, 4.69) is 0 Å². The van der Waals surface area contributed by atoms with E-state index in [1.54, 1.807) is 20.1 Å². The summed E-state index contributed by atoms with van der Waals surface area (Å²) in [5, 5.41) is 8.62. The number of carbonyl (C=O) groups is 1. The van der Waals surface area contributed by atoms with Gasteiger partial charge in [-0.15, -0.1) is 0 Å². The van der Waals surface area contributed by atoms with Gasteiger partial charge in [-0.25, -0.2) is 4.79 Å². The highest BCUT2D eigenvalue weighted by atomic mass is 16.6. The Hall–Kier alpha value is -2.02. The molecule has 0 heterocycles. The minimum Gasteiger partial charge on any atom is -0.458 e. The quantitative estimate of drug-likeness (QED) is 0.573. The maximum Gasteiger partial charge on any atom is 0.352 e. The standard InChI is InChI=1S/C14H17NO3/c1-3-14(4-2,18-11-15)13(16)17-10-12-8-6-5-7-9-12/h5-9H,3-4,10H2,1-2H3. The van der Waals surface area contributed by atoms with E-state index in [0.717, 1.165) is 5.56 Å². The summed E-state index contributed by atoms with van der Waals surface area (Å²) in [5.41, 5.74) is -0.243. The van der Waals surface area contributed by atoms with Gasteiger partial charge in [0.05, 0.1) is 0 Å². The maximum atomic E-state index is 12.0. The van der Waals surface area contributed by atoms with Gasteiger partial charge in [0.15, 0.2) is 0 Å². The van der Waals surface area contributed by atoms with Crippen LogP contribution in [-0.4, -0.2) is 11.6 Å². The summed E-state index contributed by atoms with van der Waals surface area (Å²) < 4.78 is 10.1. The average molecular weight is 247 g/mol. The molecule has 0 aromatic heterocycles. The summed E-state index contributed by atoms with van der Waals surface area (Å²) in [6.45, 7) is 3.78. The van der Waals surface area contributed by atoms with Gasteiger partial charge in [0.1, 0.15) is 6.61 Å². The van der Waals surface area contributed by atoms with E-state index >= 15 is 0 Å². The second kappa shape index (κ2) is 6.65. The molecule has 96 valence electrons. The van der Waals surface area contributed by atoms with Gasteiger partial charge >= 0.3 is 5.97 Å². The van der Waals surface area contributed by atoms with E-state index in [1.807, 2.05) is 30.3 Å². The van der Waals surface area contributed by atoms with Crippen LogP contribution in [0.4, 0.5) is 0 Å². The zero-order valence-electron chi connectivity index (χ0n) is 10.7. The Morgan fingerprint density at radius 1 is 1.28 bits per heavy atom. The minimum atomic E-state index is -1.15. The number of hydrogen-bond acceptors (Lipinski definition) is 4. The lowest BCUT2D eigenvalue weighted by molar-refractivity contribution is -0.167. The van der Waals surface area contributed by atoms with Crippen LogP contribution in [-0.2, 0) is 20.9 Å². The Morgan fingerprint density at radius 3 is 2.39 bits per heavy atom. The average Bonchev–Trinajstić information content (AvgIpc) is 2.43. The van der Waals surface area contributed by atoms with Gasteiger partial charge < -0.3 is 9.47 Å². The largest absolute Gasteiger partial charge is 0.458 e. The van der Waals surface area contributed by atoms with E-state index in [0.29, 0.717) is 12.8 Å². The zero-order chi connectivity index (χ0) is 13.4. The fraction of sp³-hybridized carbons (Fsp3) is 0.429. The van der Waals surface area contributed by atoms with Crippen molar-refractivity contribution in [3.05, 3.63) is 35.9 Å². The first kappa shape index (κ1) is 14.0. The Balaban J connectivity index is 2.66. The van der Waals surface area contributed by atoms with Crippen molar-refractivity contribution >= 4 is 5.97 Å². The second-order valence-electron chi connectivity index (χ2n) is 3.96. The molecule has 0 spiro atoms. The van der Waals surface area contributed by atoms with Crippen molar-refractivity contribution < 1.29 is 14.3 Å². The van der Waals surface area contributed by atoms with Crippen molar-refractivity contribution in [1.29, 1.82) is 5.26 Å². The van der Waals surface area contributed by atoms with Gasteiger partial charge in [-0.3, -0.25) is 0 Å². The Bertz CT molecular complexity index is 418. The monoisotopic (exact) mass is 247 g/mol. The smallest absolute Gasteiger partial charge is 0.352 e. The van der Waals surface area contributed by atoms with Crippen molar-refractivity contribution in [2.45, 2.75) is 38.9 Å². The number of esters is 1. The number of hydrogen-bond donors (Lipinski definition) is 0. The van der Waals surface area contributed by atoms with E-state index in [1.165, 1.54) is 0 Å². The first-order valence-corrected chi connectivity index (χ1v) is 5.96. The molecule has 18 heavy (non-hydrogen) atoms. The van der Waals surface area contributed by atoms with Crippen molar-refractivity contribution in [1.82, 2.24) is 0 Å². The van der Waals surface area contributed by atoms with Crippen LogP contribution in [0.3, 0.4) is 0 Å². The van der Waals surface area contributed by atoms with Crippen LogP contribution in [0, 0.1) is 11.5 Å². The lowest BCUT2D eigenvalue weighted by Gasteiger charge is -2.25. The highest BCUT2D eigenvalue weighted by Crippen LogP contribution is 2.22. The Labute approximate surface area is 107 Å². The molecule has 0 radical (unpaired) electrons. The summed E-state index contributed by atoms with van der Waals surface area (Å²) in [6.07, 6.45) is 2.40. The van der Waals surface area contributed by atoms with E-state index in [9.17, 15) is 4.79 Å². The first-order chi connectivity index (χ1) is 8.68. The molecule has 0 amide bonds. The Morgan fingerprint density at radius 2 is 1.89 bits per heavy atom. The van der Waals surface area contributed by atoms with Gasteiger partial charge in [0, 0.05) is 0 Å². The molecule has 0 N–H and O–H groups in total. The predicted molar refractivity (Wildman–Crippen MR) is 66.2 cm³/mol. The van der Waals surface area contributed by atoms with Crippen molar-refractivity contribution in [3.63, 3.8) is 0 Å². The fourth-order valence-electron chi connectivity index (χ4n) is 1.67. The van der Waals surface area contributed by atoms with E-state index in [4.69, 9.17) is 14.7 Å². The molecule has 1 aromatic rings. The lowest BCUT2D eigenvalue weighted by Crippen LogP contribution is -2.40. The Kier molecular flexibility index (Phi) is 5.19. The molecule has 1 rings (SSSR count). The van der Waals surface area contributed by atoms with Crippen molar-refractivity contribution in [2.24, 2.45) is 0 Å². The molecule has 0 fully saturated rings. The number of nitriles is 1. The third kappa shape index (κ3) is 3.24. The summed E-state index contributed by atoms with van der Waals surface area (Å²) in [7, 11) is 0. The fourth-order valence-corrected chi connectivity index (χ4v) is 1.67. The van der Waals surface area contributed by atoms with Crippen LogP contribution in [0.15, 0.2) is 30.3 Å². The molecule has 0 unspecified atom stereocenters. The molecule has 1 aromatic carbocycles. The van der Waals surface area contributed by atoms with Gasteiger partial charge in [0.25, 0.3) is 6.26 Å². The SMILES string of the molecule is CCC(CC)(OC#N)C(=O)OCc1ccccc1. The maximum absolute atomic E-state index is 12.0. The van der Waals surface area contributed by atoms with Crippen LogP contribution < -0.4 is 0 Å². The number of benzene rings is 1. The lowest BCUT2D eigenvalue weighted by atomic mass is 9.97. The molecule has 0 saturated carbocycles. The topological polar surface area (TPSA) is 59.3 Å². The van der Waals surface area contributed by atoms with Gasteiger partial charge in [-0.05, 0) is 18.4 Å². The van der Waals surface area contributed by atoms with Gasteiger partial charge in [0.2, 0.25) is 5.60 Å². The molecule has 0 aliphatic carbocycles. The van der Waals surface area contributed by atoms with E-state index < -0.39 is 11.6 Å². The molecule has 0 aliphatic heterocycles. The van der Waals surface area contributed by atoms with Gasteiger partial charge in [-0.2, -0.15) is 5.26 Å². The number of ether oxygens (including phenoxy) is 2. The van der Waals surface area contributed by atoms with E-state index in [-0.39, 0.29) is 6.61 Å². The third-order valence-corrected chi connectivity index (χ3v) is 2.97. The molecular weight excluding hydrogens is 230 g/mol. The molecule has 0 atom stereocenters. The summed E-state index contributed by atoms with van der Waals surface area (Å²) in [6, 6.07) is 9.40. The van der Waals surface area contributed by atoms with Crippen molar-refractivity contribution in [2.75, 3.05) is 0 Å². The molecular formula is C14H17NO3. The summed E-state index contributed by atoms with van der Waals surface area (Å²) in [5.74, 6) is -0.488. The van der Waals surface area contributed by atoms with Gasteiger partial charge in [-0.1, -0.05) is 44.2 Å². The number of nitrogens with zero attached hydrogens (tertiary/aromatic N) is 1. The minimum absolute atomic E-state index is 0.191. The van der Waals surface area contributed by atoms with Crippen LogP contribution in [0.5, 0.6) is 0 Å². The molecule has 0 saturated heterocycles. The summed E-state index contributed by atoms with van der Waals surface area (Å²) >= 11 is 0. The normalized spacial score (nSPS) is 10.5. The summed E-state index contributed by atoms with van der Waals surface area (Å²) in [4.78, 5) is 12.0. The van der Waals surface area contributed by atoms with Crippen molar-refractivity contribution in [3.8, 4) is 6.26 Å². The van der Waals surface area contributed by atoms with Crippen LogP contribution >= 0.6 is 0 Å². The second-order valence-corrected chi connectivity index (χ2v) is 3.96. The third-order valence-electron chi connectivity index (χ3n) is 2.97. The first-order valence-electron chi connectivity index (χ1n) is 5.96. The van der Waals surface area contributed by atoms with Crippen LogP contribution in [0.25, 0.3) is 0 Å². The number of carbonyl (C=O) groups excluding carboxylic acids is 1. The molecule has 4 nitrogen and oxygen atoms in total. The van der Waals surface area contributed by atoms with Crippen LogP contribution in [0.2, 0.25) is 0 Å². The number of rotatable bonds is 6. The highest BCUT2D eigenvalue weighted by molar-refractivity contribution is 5.79. The molecule has 0 aliphatic rings. The molecule has 4 heteroatoms. The van der Waals surface area contributed by atoms with Crippen LogP contribution in [0.1, 0.15) is 32.3 Å².